The third-order valence-electron chi connectivity index (χ3n) is 1.91. The van der Waals surface area contributed by atoms with Gasteiger partial charge in [0.15, 0.2) is 0 Å². The van der Waals surface area contributed by atoms with Gasteiger partial charge < -0.3 is 5.11 Å². The summed E-state index contributed by atoms with van der Waals surface area (Å²) in [6.07, 6.45) is 11.1. The quantitative estimate of drug-likeness (QED) is 0.610. The fraction of sp³-hybridized carbons (Fsp3) is 1.00. The molecule has 15 heavy (non-hydrogen) atoms. The van der Waals surface area contributed by atoms with Crippen molar-refractivity contribution in [3.8, 4) is 0 Å². The van der Waals surface area contributed by atoms with Gasteiger partial charge in [-0.15, -0.1) is 0 Å². The molecule has 0 bridgehead atoms. The number of aliphatic hydroxyl groups excluding tert-OH is 1. The zero-order valence-electron chi connectivity index (χ0n) is 11.8. The van der Waals surface area contributed by atoms with Crippen LogP contribution < -0.4 is 0 Å². The Kier molecular flexibility index (Phi) is 39.7. The van der Waals surface area contributed by atoms with Crippen molar-refractivity contribution < 1.29 is 5.11 Å². The number of aliphatic hydroxyl groups is 1. The first-order chi connectivity index (χ1) is 7.24. The first-order valence-electron chi connectivity index (χ1n) is 6.85. The average molecular weight is 218 g/mol. The molecule has 1 nitrogen and oxygen atoms in total. The minimum absolute atomic E-state index is 0.250. The molecular weight excluding hydrogens is 184 g/mol. The summed E-state index contributed by atoms with van der Waals surface area (Å²) in [7, 11) is 0. The van der Waals surface area contributed by atoms with Crippen LogP contribution in [0.5, 0.6) is 0 Å². The lowest BCUT2D eigenvalue weighted by molar-refractivity contribution is 0.318. The summed E-state index contributed by atoms with van der Waals surface area (Å²) in [5.74, 6) is 0. The molecule has 0 saturated carbocycles. The Bertz CT molecular complexity index is 46.4. The largest absolute Gasteiger partial charge is 0.397 e. The van der Waals surface area contributed by atoms with Crippen LogP contribution in [0.4, 0.5) is 0 Å². The molecule has 0 amide bonds. The lowest BCUT2D eigenvalue weighted by Crippen LogP contribution is -1.66. The minimum Gasteiger partial charge on any atom is -0.397 e. The summed E-state index contributed by atoms with van der Waals surface area (Å²) in [5.41, 5.74) is 0. The molecule has 0 aliphatic rings. The SMILES string of the molecule is CCCCCC.CCCCCC.CCO. The van der Waals surface area contributed by atoms with Gasteiger partial charge in [0.2, 0.25) is 0 Å². The monoisotopic (exact) mass is 218 g/mol. The first kappa shape index (κ1) is 20.4. The summed E-state index contributed by atoms with van der Waals surface area (Å²) in [4.78, 5) is 0. The van der Waals surface area contributed by atoms with Crippen LogP contribution in [0.1, 0.15) is 86.0 Å². The van der Waals surface area contributed by atoms with Gasteiger partial charge in [0.1, 0.15) is 0 Å². The smallest absolute Gasteiger partial charge is 0.0402 e. The highest BCUT2D eigenvalue weighted by atomic mass is 16.2. The van der Waals surface area contributed by atoms with Crippen LogP contribution in [0, 0.1) is 0 Å². The maximum absolute atomic E-state index is 7.57. The van der Waals surface area contributed by atoms with Gasteiger partial charge in [-0.3, -0.25) is 0 Å². The molecule has 0 rings (SSSR count). The van der Waals surface area contributed by atoms with Crippen molar-refractivity contribution in [2.45, 2.75) is 86.0 Å². The zero-order valence-corrected chi connectivity index (χ0v) is 11.8. The van der Waals surface area contributed by atoms with Gasteiger partial charge in [-0.1, -0.05) is 79.1 Å². The molecule has 0 radical (unpaired) electrons. The molecule has 0 fully saturated rings. The van der Waals surface area contributed by atoms with E-state index in [0.29, 0.717) is 0 Å². The van der Waals surface area contributed by atoms with Gasteiger partial charge in [0, 0.05) is 6.61 Å². The second kappa shape index (κ2) is 29.2. The van der Waals surface area contributed by atoms with E-state index in [-0.39, 0.29) is 6.61 Å². The van der Waals surface area contributed by atoms with Gasteiger partial charge in [-0.05, 0) is 6.92 Å². The average Bonchev–Trinajstić information content (AvgIpc) is 2.25. The Balaban J connectivity index is -0.000000153. The van der Waals surface area contributed by atoms with Crippen LogP contribution >= 0.6 is 0 Å². The molecule has 0 atom stereocenters. The van der Waals surface area contributed by atoms with Crippen molar-refractivity contribution in [2.75, 3.05) is 6.61 Å². The van der Waals surface area contributed by atoms with Crippen LogP contribution in [-0.2, 0) is 0 Å². The Morgan fingerprint density at radius 1 is 0.533 bits per heavy atom. The van der Waals surface area contributed by atoms with Crippen molar-refractivity contribution >= 4 is 0 Å². The second-order valence-corrected chi connectivity index (χ2v) is 3.73. The van der Waals surface area contributed by atoms with Crippen molar-refractivity contribution in [2.24, 2.45) is 0 Å². The van der Waals surface area contributed by atoms with Crippen LogP contribution in [-0.4, -0.2) is 11.7 Å². The molecular formula is C14H34O. The maximum atomic E-state index is 7.57. The maximum Gasteiger partial charge on any atom is 0.0402 e. The summed E-state index contributed by atoms with van der Waals surface area (Å²) in [6, 6.07) is 0. The van der Waals surface area contributed by atoms with Gasteiger partial charge >= 0.3 is 0 Å². The molecule has 0 heterocycles. The van der Waals surface area contributed by atoms with E-state index in [1.54, 1.807) is 6.92 Å². The van der Waals surface area contributed by atoms with Crippen molar-refractivity contribution in [1.29, 1.82) is 0 Å². The van der Waals surface area contributed by atoms with Crippen LogP contribution in [0.2, 0.25) is 0 Å². The third kappa shape index (κ3) is 56.2. The minimum atomic E-state index is 0.250. The Morgan fingerprint density at radius 2 is 0.667 bits per heavy atom. The van der Waals surface area contributed by atoms with E-state index in [2.05, 4.69) is 27.7 Å². The fourth-order valence-electron chi connectivity index (χ4n) is 1.000. The van der Waals surface area contributed by atoms with E-state index < -0.39 is 0 Å². The van der Waals surface area contributed by atoms with E-state index in [0.717, 1.165) is 0 Å². The standard InChI is InChI=1S/2C6H14.C2H6O/c2*1-3-5-6-4-2;1-2-3/h2*3-6H2,1-2H3;3H,2H2,1H3. The Morgan fingerprint density at radius 3 is 0.733 bits per heavy atom. The van der Waals surface area contributed by atoms with E-state index in [1.807, 2.05) is 0 Å². The van der Waals surface area contributed by atoms with Crippen LogP contribution in [0.25, 0.3) is 0 Å². The molecule has 1 heteroatoms. The lowest BCUT2D eigenvalue weighted by Gasteiger charge is -1.86. The van der Waals surface area contributed by atoms with Crippen molar-refractivity contribution in [3.05, 3.63) is 0 Å². The molecule has 1 N–H and O–H groups in total. The summed E-state index contributed by atoms with van der Waals surface area (Å²) < 4.78 is 0. The van der Waals surface area contributed by atoms with Crippen molar-refractivity contribution in [3.63, 3.8) is 0 Å². The normalized spacial score (nSPS) is 8.40. The number of rotatable bonds is 6. The summed E-state index contributed by atoms with van der Waals surface area (Å²) in [6.45, 7) is 10.9. The van der Waals surface area contributed by atoms with Gasteiger partial charge in [-0.2, -0.15) is 0 Å². The summed E-state index contributed by atoms with van der Waals surface area (Å²) >= 11 is 0. The fourth-order valence-corrected chi connectivity index (χ4v) is 1.000. The predicted octanol–water partition coefficient (Wildman–Crippen LogP) is 5.17. The second-order valence-electron chi connectivity index (χ2n) is 3.73. The molecule has 0 aromatic heterocycles. The molecule has 0 unspecified atom stereocenters. The topological polar surface area (TPSA) is 20.2 Å². The van der Waals surface area contributed by atoms with Crippen LogP contribution in [0.3, 0.4) is 0 Å². The highest BCUT2D eigenvalue weighted by molar-refractivity contribution is 4.31. The number of hydrogen-bond acceptors (Lipinski definition) is 1. The lowest BCUT2D eigenvalue weighted by atomic mass is 10.2. The molecule has 96 valence electrons. The van der Waals surface area contributed by atoms with Gasteiger partial charge in [0.05, 0.1) is 0 Å². The molecule has 0 aliphatic carbocycles. The van der Waals surface area contributed by atoms with E-state index >= 15 is 0 Å². The molecule has 0 spiro atoms. The van der Waals surface area contributed by atoms with Gasteiger partial charge in [0.25, 0.3) is 0 Å². The first-order valence-corrected chi connectivity index (χ1v) is 6.85. The van der Waals surface area contributed by atoms with E-state index in [4.69, 9.17) is 5.11 Å². The highest BCUT2D eigenvalue weighted by Gasteiger charge is 1.75. The van der Waals surface area contributed by atoms with E-state index in [9.17, 15) is 0 Å². The zero-order chi connectivity index (χ0) is 12.4. The third-order valence-corrected chi connectivity index (χ3v) is 1.91. The molecule has 0 saturated heterocycles. The predicted molar refractivity (Wildman–Crippen MR) is 72.4 cm³/mol. The van der Waals surface area contributed by atoms with E-state index in [1.165, 1.54) is 51.4 Å². The van der Waals surface area contributed by atoms with Gasteiger partial charge in [-0.25, -0.2) is 0 Å². The highest BCUT2D eigenvalue weighted by Crippen LogP contribution is 1.95. The number of hydrogen-bond donors (Lipinski definition) is 1. The Labute approximate surface area is 98.3 Å². The van der Waals surface area contributed by atoms with Crippen molar-refractivity contribution in [1.82, 2.24) is 0 Å². The van der Waals surface area contributed by atoms with Crippen LogP contribution in [0.15, 0.2) is 0 Å². The summed E-state index contributed by atoms with van der Waals surface area (Å²) in [5, 5.41) is 7.57. The molecule has 0 aromatic rings. The number of unbranched alkanes of at least 4 members (excludes halogenated alkanes) is 6. The molecule has 0 aromatic carbocycles. The molecule has 0 aliphatic heterocycles. The Hall–Kier alpha value is -0.0400.